The summed E-state index contributed by atoms with van der Waals surface area (Å²) in [4.78, 5) is 25.6. The van der Waals surface area contributed by atoms with Crippen molar-refractivity contribution in [1.29, 1.82) is 0 Å². The van der Waals surface area contributed by atoms with Crippen molar-refractivity contribution in [3.8, 4) is 0 Å². The van der Waals surface area contributed by atoms with Crippen LogP contribution >= 0.6 is 0 Å². The van der Waals surface area contributed by atoms with Crippen LogP contribution in [0, 0.1) is 0 Å². The van der Waals surface area contributed by atoms with Crippen molar-refractivity contribution in [3.63, 3.8) is 0 Å². The maximum atomic E-state index is 12.6. The van der Waals surface area contributed by atoms with E-state index in [0.717, 1.165) is 5.56 Å². The minimum Gasteiger partial charge on any atom is -0.480 e. The molecule has 1 amide bonds. The van der Waals surface area contributed by atoms with Crippen molar-refractivity contribution in [2.24, 2.45) is 0 Å². The normalized spacial score (nSPS) is 12.4. The van der Waals surface area contributed by atoms with Gasteiger partial charge in [0.15, 0.2) is 9.84 Å². The van der Waals surface area contributed by atoms with Gasteiger partial charge >= 0.3 is 5.97 Å². The van der Waals surface area contributed by atoms with Gasteiger partial charge in [0, 0.05) is 19.0 Å². The van der Waals surface area contributed by atoms with Gasteiger partial charge < -0.3 is 10.0 Å². The summed E-state index contributed by atoms with van der Waals surface area (Å²) >= 11 is 0. The number of nitrogens with zero attached hydrogens (tertiary/aromatic N) is 1. The first-order valence-corrected chi connectivity index (χ1v) is 9.78. The summed E-state index contributed by atoms with van der Waals surface area (Å²) in [6.07, 6.45) is 0.181. The zero-order valence-corrected chi connectivity index (χ0v) is 15.4. The first kappa shape index (κ1) is 19.7. The van der Waals surface area contributed by atoms with Gasteiger partial charge in [-0.1, -0.05) is 37.3 Å². The Morgan fingerprint density at radius 3 is 2.12 bits per heavy atom. The maximum absolute atomic E-state index is 12.6. The van der Waals surface area contributed by atoms with Gasteiger partial charge in [-0.05, 0) is 29.8 Å². The quantitative estimate of drug-likeness (QED) is 0.801. The number of carbonyl (C=O) groups is 2. The van der Waals surface area contributed by atoms with Crippen molar-refractivity contribution < 1.29 is 23.1 Å². The van der Waals surface area contributed by atoms with E-state index in [1.165, 1.54) is 36.2 Å². The second-order valence-corrected chi connectivity index (χ2v) is 8.17. The first-order valence-electron chi connectivity index (χ1n) is 8.13. The van der Waals surface area contributed by atoms with E-state index in [1.807, 2.05) is 18.2 Å². The highest BCUT2D eigenvalue weighted by molar-refractivity contribution is 7.91. The van der Waals surface area contributed by atoms with E-state index in [0.29, 0.717) is 0 Å². The van der Waals surface area contributed by atoms with E-state index < -0.39 is 27.8 Å². The van der Waals surface area contributed by atoms with E-state index in [9.17, 15) is 23.1 Å². The first-order chi connectivity index (χ1) is 12.3. The molecule has 0 radical (unpaired) electrons. The second kappa shape index (κ2) is 8.14. The minimum absolute atomic E-state index is 0.0294. The molecular weight excluding hydrogens is 354 g/mol. The van der Waals surface area contributed by atoms with Crippen LogP contribution in [0.15, 0.2) is 59.5 Å². The van der Waals surface area contributed by atoms with Crippen LogP contribution in [0.25, 0.3) is 0 Å². The number of sulfone groups is 1. The average Bonchev–Trinajstić information content (AvgIpc) is 2.65. The number of aliphatic carboxylic acids is 1. The number of benzene rings is 2. The molecule has 0 saturated carbocycles. The third-order valence-corrected chi connectivity index (χ3v) is 5.94. The van der Waals surface area contributed by atoms with Gasteiger partial charge in [0.1, 0.15) is 6.04 Å². The van der Waals surface area contributed by atoms with Gasteiger partial charge in [0.2, 0.25) is 0 Å². The maximum Gasteiger partial charge on any atom is 0.326 e. The Labute approximate surface area is 153 Å². The molecule has 2 aromatic rings. The Morgan fingerprint density at radius 2 is 1.62 bits per heavy atom. The number of rotatable bonds is 7. The lowest BCUT2D eigenvalue weighted by Crippen LogP contribution is -2.43. The molecule has 6 nitrogen and oxygen atoms in total. The Kier molecular flexibility index (Phi) is 6.15. The highest BCUT2D eigenvalue weighted by Crippen LogP contribution is 2.16. The highest BCUT2D eigenvalue weighted by atomic mass is 32.2. The van der Waals surface area contributed by atoms with E-state index in [1.54, 1.807) is 19.1 Å². The lowest BCUT2D eigenvalue weighted by atomic mass is 10.0. The number of carboxylic acids is 1. The molecule has 0 fully saturated rings. The molecule has 0 saturated heterocycles. The van der Waals surface area contributed by atoms with Gasteiger partial charge in [0.05, 0.1) is 10.6 Å². The predicted octanol–water partition coefficient (Wildman–Crippen LogP) is 2.25. The van der Waals surface area contributed by atoms with E-state index in [2.05, 4.69) is 0 Å². The molecule has 1 unspecified atom stereocenters. The molecule has 2 aromatic carbocycles. The van der Waals surface area contributed by atoms with Crippen LogP contribution in [0.3, 0.4) is 0 Å². The molecular formula is C19H21NO5S. The van der Waals surface area contributed by atoms with Crippen LogP contribution in [-0.4, -0.2) is 49.1 Å². The number of amides is 1. The van der Waals surface area contributed by atoms with Crippen molar-refractivity contribution in [3.05, 3.63) is 65.7 Å². The van der Waals surface area contributed by atoms with Gasteiger partial charge in [-0.15, -0.1) is 0 Å². The topological polar surface area (TPSA) is 91.8 Å². The molecule has 0 aliphatic rings. The third-order valence-electron chi connectivity index (χ3n) is 4.19. The van der Waals surface area contributed by atoms with Crippen LogP contribution in [0.1, 0.15) is 22.8 Å². The van der Waals surface area contributed by atoms with Crippen molar-refractivity contribution in [1.82, 2.24) is 4.90 Å². The summed E-state index contributed by atoms with van der Waals surface area (Å²) < 4.78 is 23.7. The molecule has 0 spiro atoms. The molecule has 1 atom stereocenters. The Balaban J connectivity index is 2.22. The number of hydrogen-bond acceptors (Lipinski definition) is 4. The standard InChI is InChI=1S/C19H21NO5S/c1-3-26(24,25)16-11-9-15(10-12-16)18(21)20(2)17(19(22)23)13-14-7-5-4-6-8-14/h4-12,17H,3,13H2,1-2H3,(H,22,23). The smallest absolute Gasteiger partial charge is 0.326 e. The molecule has 0 aromatic heterocycles. The second-order valence-electron chi connectivity index (χ2n) is 5.89. The SMILES string of the molecule is CCS(=O)(=O)c1ccc(C(=O)N(C)C(Cc2ccccc2)C(=O)O)cc1. The molecule has 2 rings (SSSR count). The fourth-order valence-corrected chi connectivity index (χ4v) is 3.43. The largest absolute Gasteiger partial charge is 0.480 e. The summed E-state index contributed by atoms with van der Waals surface area (Å²) in [6, 6.07) is 13.6. The number of likely N-dealkylation sites (N-methyl/N-ethyl adjacent to an activating group) is 1. The fourth-order valence-electron chi connectivity index (χ4n) is 2.54. The van der Waals surface area contributed by atoms with E-state index in [-0.39, 0.29) is 22.6 Å². The van der Waals surface area contributed by atoms with Crippen molar-refractivity contribution in [2.45, 2.75) is 24.3 Å². The minimum atomic E-state index is -3.35. The van der Waals surface area contributed by atoms with E-state index in [4.69, 9.17) is 0 Å². The van der Waals surface area contributed by atoms with Crippen LogP contribution < -0.4 is 0 Å². The molecule has 7 heteroatoms. The van der Waals surface area contributed by atoms with Crippen LogP contribution in [0.5, 0.6) is 0 Å². The molecule has 1 N–H and O–H groups in total. The molecule has 0 heterocycles. The van der Waals surface area contributed by atoms with Gasteiger partial charge in [-0.3, -0.25) is 4.79 Å². The lowest BCUT2D eigenvalue weighted by Gasteiger charge is -2.25. The Hall–Kier alpha value is -2.67. The summed E-state index contributed by atoms with van der Waals surface area (Å²) in [6.45, 7) is 1.54. The average molecular weight is 375 g/mol. The summed E-state index contributed by atoms with van der Waals surface area (Å²) in [7, 11) is -1.92. The van der Waals surface area contributed by atoms with Crippen molar-refractivity contribution in [2.75, 3.05) is 12.8 Å². The Morgan fingerprint density at radius 1 is 1.04 bits per heavy atom. The summed E-state index contributed by atoms with van der Waals surface area (Å²) in [5.41, 5.74) is 1.05. The zero-order chi connectivity index (χ0) is 19.3. The van der Waals surface area contributed by atoms with Crippen LogP contribution in [-0.2, 0) is 21.1 Å². The lowest BCUT2D eigenvalue weighted by molar-refractivity contribution is -0.141. The molecule has 26 heavy (non-hydrogen) atoms. The van der Waals surface area contributed by atoms with Gasteiger partial charge in [0.25, 0.3) is 5.91 Å². The monoisotopic (exact) mass is 375 g/mol. The third kappa shape index (κ3) is 4.49. The Bertz CT molecular complexity index is 876. The highest BCUT2D eigenvalue weighted by Gasteiger charge is 2.27. The summed E-state index contributed by atoms with van der Waals surface area (Å²) in [5.74, 6) is -1.61. The molecule has 0 aliphatic carbocycles. The van der Waals surface area contributed by atoms with E-state index >= 15 is 0 Å². The fraction of sp³-hybridized carbons (Fsp3) is 0.263. The van der Waals surface area contributed by atoms with Crippen molar-refractivity contribution >= 4 is 21.7 Å². The van der Waals surface area contributed by atoms with Crippen LogP contribution in [0.2, 0.25) is 0 Å². The predicted molar refractivity (Wildman–Crippen MR) is 97.8 cm³/mol. The number of carbonyl (C=O) groups excluding carboxylic acids is 1. The number of carboxylic acid groups (broad SMARTS) is 1. The molecule has 0 aliphatic heterocycles. The van der Waals surface area contributed by atoms with Gasteiger partial charge in [-0.25, -0.2) is 13.2 Å². The van der Waals surface area contributed by atoms with Crippen LogP contribution in [0.4, 0.5) is 0 Å². The zero-order valence-electron chi connectivity index (χ0n) is 14.6. The number of hydrogen-bond donors (Lipinski definition) is 1. The molecule has 138 valence electrons. The summed E-state index contributed by atoms with van der Waals surface area (Å²) in [5, 5.41) is 9.51. The van der Waals surface area contributed by atoms with Gasteiger partial charge in [-0.2, -0.15) is 0 Å². The molecule has 0 bridgehead atoms.